The molecule has 1 aromatic rings. The lowest BCUT2D eigenvalue weighted by molar-refractivity contribution is -0.132. The minimum Gasteiger partial charge on any atom is -0.392 e. The first kappa shape index (κ1) is 24.5. The standard InChI is InChI=1S/C24H31Cl2N3O4/c25-19-3-1-17(13-20(19)26)2-4-22(32)28-10-6-23(33)29(12-11-28)15-18(30)14-27-9-5-21(31)24(16-27)7-8-24/h1-4,13,18,21,30-31H,5-12,14-16H2. The lowest BCUT2D eigenvalue weighted by atomic mass is 9.91. The van der Waals surface area contributed by atoms with Gasteiger partial charge in [-0.15, -0.1) is 0 Å². The number of carbonyl (C=O) groups is 2. The molecule has 0 radical (unpaired) electrons. The summed E-state index contributed by atoms with van der Waals surface area (Å²) in [6.07, 6.45) is 5.35. The number of β-amino-alcohol motifs (C(OH)–C–C–N with tert-alkyl or cyclic N) is 1. The second-order valence-corrected chi connectivity index (χ2v) is 10.3. The quantitative estimate of drug-likeness (QED) is 0.591. The number of hydrogen-bond donors (Lipinski definition) is 2. The van der Waals surface area contributed by atoms with Crippen molar-refractivity contribution >= 4 is 41.1 Å². The normalized spacial score (nSPS) is 24.4. The molecule has 2 aliphatic heterocycles. The van der Waals surface area contributed by atoms with E-state index < -0.39 is 6.10 Å². The van der Waals surface area contributed by atoms with E-state index in [1.165, 1.54) is 6.08 Å². The van der Waals surface area contributed by atoms with Crippen molar-refractivity contribution in [1.82, 2.24) is 14.7 Å². The lowest BCUT2D eigenvalue weighted by Gasteiger charge is -2.38. The topological polar surface area (TPSA) is 84.3 Å². The van der Waals surface area contributed by atoms with Crippen molar-refractivity contribution < 1.29 is 19.8 Å². The smallest absolute Gasteiger partial charge is 0.246 e. The molecule has 4 rings (SSSR count). The summed E-state index contributed by atoms with van der Waals surface area (Å²) in [5.41, 5.74) is 0.800. The number of piperidine rings is 1. The van der Waals surface area contributed by atoms with E-state index in [9.17, 15) is 19.8 Å². The van der Waals surface area contributed by atoms with Crippen LogP contribution in [-0.2, 0) is 9.59 Å². The Morgan fingerprint density at radius 2 is 1.94 bits per heavy atom. The molecule has 0 aromatic heterocycles. The maximum atomic E-state index is 12.6. The molecule has 1 aliphatic carbocycles. The van der Waals surface area contributed by atoms with E-state index in [2.05, 4.69) is 4.90 Å². The van der Waals surface area contributed by atoms with Crippen molar-refractivity contribution in [2.75, 3.05) is 45.8 Å². The number of hydrogen-bond acceptors (Lipinski definition) is 5. The number of halogens is 2. The molecule has 2 amide bonds. The number of aliphatic hydroxyl groups excluding tert-OH is 2. The van der Waals surface area contributed by atoms with Gasteiger partial charge in [0.1, 0.15) is 0 Å². The van der Waals surface area contributed by atoms with Gasteiger partial charge in [0.05, 0.1) is 22.3 Å². The van der Waals surface area contributed by atoms with Crippen molar-refractivity contribution in [1.29, 1.82) is 0 Å². The molecule has 1 saturated carbocycles. The molecule has 33 heavy (non-hydrogen) atoms. The van der Waals surface area contributed by atoms with Gasteiger partial charge in [0.25, 0.3) is 0 Å². The van der Waals surface area contributed by atoms with Gasteiger partial charge in [0.2, 0.25) is 11.8 Å². The number of amides is 2. The highest BCUT2D eigenvalue weighted by molar-refractivity contribution is 6.42. The molecule has 3 fully saturated rings. The largest absolute Gasteiger partial charge is 0.392 e. The zero-order valence-electron chi connectivity index (χ0n) is 18.6. The van der Waals surface area contributed by atoms with E-state index in [4.69, 9.17) is 23.2 Å². The summed E-state index contributed by atoms with van der Waals surface area (Å²) in [6.45, 7) is 3.49. The van der Waals surface area contributed by atoms with Gasteiger partial charge < -0.3 is 20.0 Å². The third-order valence-electron chi connectivity index (χ3n) is 7.02. The second-order valence-electron chi connectivity index (χ2n) is 9.48. The van der Waals surface area contributed by atoms with Gasteiger partial charge in [-0.2, -0.15) is 0 Å². The minimum atomic E-state index is -0.656. The lowest BCUT2D eigenvalue weighted by Crippen LogP contribution is -2.49. The van der Waals surface area contributed by atoms with E-state index >= 15 is 0 Å². The molecule has 2 atom stereocenters. The van der Waals surface area contributed by atoms with Gasteiger partial charge in [-0.05, 0) is 43.0 Å². The summed E-state index contributed by atoms with van der Waals surface area (Å²) in [5.74, 6) is -0.219. The van der Waals surface area contributed by atoms with Crippen LogP contribution in [0.1, 0.15) is 31.2 Å². The Morgan fingerprint density at radius 3 is 2.67 bits per heavy atom. The highest BCUT2D eigenvalue weighted by Gasteiger charge is 2.51. The average molecular weight is 496 g/mol. The molecular weight excluding hydrogens is 465 g/mol. The number of nitrogens with zero attached hydrogens (tertiary/aromatic N) is 3. The van der Waals surface area contributed by atoms with Crippen LogP contribution < -0.4 is 0 Å². The Morgan fingerprint density at radius 1 is 1.15 bits per heavy atom. The number of benzene rings is 1. The van der Waals surface area contributed by atoms with Crippen LogP contribution in [0.3, 0.4) is 0 Å². The molecule has 1 aromatic carbocycles. The second kappa shape index (κ2) is 10.3. The Hall–Kier alpha value is -1.64. The van der Waals surface area contributed by atoms with Crippen molar-refractivity contribution in [3.63, 3.8) is 0 Å². The fourth-order valence-electron chi connectivity index (χ4n) is 4.83. The van der Waals surface area contributed by atoms with Crippen LogP contribution in [0.5, 0.6) is 0 Å². The summed E-state index contributed by atoms with van der Waals surface area (Å²) in [4.78, 5) is 30.8. The maximum Gasteiger partial charge on any atom is 0.246 e. The van der Waals surface area contributed by atoms with Gasteiger partial charge in [0, 0.05) is 63.7 Å². The maximum absolute atomic E-state index is 12.6. The molecule has 7 nitrogen and oxygen atoms in total. The van der Waals surface area contributed by atoms with E-state index in [-0.39, 0.29) is 36.3 Å². The minimum absolute atomic E-state index is 0.0299. The van der Waals surface area contributed by atoms with Crippen LogP contribution in [0.4, 0.5) is 0 Å². The van der Waals surface area contributed by atoms with Gasteiger partial charge in [-0.1, -0.05) is 29.3 Å². The molecule has 1 spiro atoms. The predicted octanol–water partition coefficient (Wildman–Crippen LogP) is 2.28. The van der Waals surface area contributed by atoms with Crippen molar-refractivity contribution in [3.8, 4) is 0 Å². The first-order chi connectivity index (χ1) is 15.8. The Bertz CT molecular complexity index is 921. The van der Waals surface area contributed by atoms with Crippen molar-refractivity contribution in [2.45, 2.75) is 37.9 Å². The van der Waals surface area contributed by atoms with Crippen LogP contribution >= 0.6 is 23.2 Å². The van der Waals surface area contributed by atoms with E-state index in [1.54, 1.807) is 34.1 Å². The zero-order chi connectivity index (χ0) is 23.6. The molecule has 2 heterocycles. The fourth-order valence-corrected chi connectivity index (χ4v) is 5.13. The zero-order valence-corrected chi connectivity index (χ0v) is 20.1. The van der Waals surface area contributed by atoms with Gasteiger partial charge in [-0.25, -0.2) is 0 Å². The fraction of sp³-hybridized carbons (Fsp3) is 0.583. The Labute approximate surface area is 204 Å². The molecule has 2 unspecified atom stereocenters. The third-order valence-corrected chi connectivity index (χ3v) is 7.76. The number of aliphatic hydroxyl groups is 2. The molecule has 3 aliphatic rings. The first-order valence-corrected chi connectivity index (χ1v) is 12.3. The van der Waals surface area contributed by atoms with Crippen LogP contribution in [0.2, 0.25) is 10.0 Å². The monoisotopic (exact) mass is 495 g/mol. The SMILES string of the molecule is O=C(C=Cc1ccc(Cl)c(Cl)c1)N1CCC(=O)N(CC(O)CN2CCC(O)C3(CC3)C2)CC1. The van der Waals surface area contributed by atoms with E-state index in [0.29, 0.717) is 36.2 Å². The third kappa shape index (κ3) is 6.08. The molecule has 180 valence electrons. The van der Waals surface area contributed by atoms with E-state index in [0.717, 1.165) is 37.9 Å². The van der Waals surface area contributed by atoms with Gasteiger partial charge >= 0.3 is 0 Å². The van der Waals surface area contributed by atoms with Crippen LogP contribution in [0, 0.1) is 5.41 Å². The molecule has 9 heteroatoms. The summed E-state index contributed by atoms with van der Waals surface area (Å²) in [5, 5.41) is 21.7. The van der Waals surface area contributed by atoms with Crippen LogP contribution in [0.25, 0.3) is 6.08 Å². The Kier molecular flexibility index (Phi) is 7.66. The molecule has 2 saturated heterocycles. The highest BCUT2D eigenvalue weighted by atomic mass is 35.5. The average Bonchev–Trinajstić information content (AvgIpc) is 3.57. The number of carbonyl (C=O) groups excluding carboxylic acids is 2. The van der Waals surface area contributed by atoms with Gasteiger partial charge in [-0.3, -0.25) is 14.5 Å². The summed E-state index contributed by atoms with van der Waals surface area (Å²) < 4.78 is 0. The summed E-state index contributed by atoms with van der Waals surface area (Å²) in [6, 6.07) is 5.15. The predicted molar refractivity (Wildman–Crippen MR) is 128 cm³/mol. The van der Waals surface area contributed by atoms with Crippen LogP contribution in [-0.4, -0.2) is 94.7 Å². The molecular formula is C24H31Cl2N3O4. The van der Waals surface area contributed by atoms with E-state index in [1.807, 2.05) is 0 Å². The molecule has 2 N–H and O–H groups in total. The van der Waals surface area contributed by atoms with Crippen molar-refractivity contribution in [2.24, 2.45) is 5.41 Å². The summed E-state index contributed by atoms with van der Waals surface area (Å²) >= 11 is 11.9. The Balaban J connectivity index is 1.27. The number of rotatable bonds is 6. The van der Waals surface area contributed by atoms with Crippen molar-refractivity contribution in [3.05, 3.63) is 39.9 Å². The first-order valence-electron chi connectivity index (χ1n) is 11.5. The molecule has 0 bridgehead atoms. The summed E-state index contributed by atoms with van der Waals surface area (Å²) in [7, 11) is 0. The van der Waals surface area contributed by atoms with Crippen LogP contribution in [0.15, 0.2) is 24.3 Å². The van der Waals surface area contributed by atoms with Gasteiger partial charge in [0.15, 0.2) is 0 Å². The number of likely N-dealkylation sites (tertiary alicyclic amines) is 1. The highest BCUT2D eigenvalue weighted by Crippen LogP contribution is 2.52.